The van der Waals surface area contributed by atoms with Crippen LogP contribution in [0.5, 0.6) is 0 Å². The number of carbonyl (C=O) groups excluding carboxylic acids is 1. The Morgan fingerprint density at radius 1 is 1.24 bits per heavy atom. The number of anilines is 1. The maximum atomic E-state index is 12.3. The van der Waals surface area contributed by atoms with E-state index >= 15 is 0 Å². The topological polar surface area (TPSA) is 79.8 Å². The van der Waals surface area contributed by atoms with Crippen molar-refractivity contribution in [3.63, 3.8) is 0 Å². The van der Waals surface area contributed by atoms with E-state index < -0.39 is 18.5 Å². The Morgan fingerprint density at radius 3 is 2.52 bits per heavy atom. The second-order valence-electron chi connectivity index (χ2n) is 5.86. The van der Waals surface area contributed by atoms with Gasteiger partial charge in [0.1, 0.15) is 11.8 Å². The highest BCUT2D eigenvalue weighted by atomic mass is 79.9. The number of halogens is 4. The van der Waals surface area contributed by atoms with Crippen molar-refractivity contribution in [1.29, 1.82) is 0 Å². The zero-order chi connectivity index (χ0) is 18.2. The van der Waals surface area contributed by atoms with E-state index in [1.807, 2.05) is 6.07 Å². The lowest BCUT2D eigenvalue weighted by atomic mass is 10.2. The van der Waals surface area contributed by atoms with Crippen LogP contribution in [0.4, 0.5) is 19.0 Å². The molecule has 0 amide bonds. The van der Waals surface area contributed by atoms with Gasteiger partial charge in [-0.2, -0.15) is 18.3 Å². The third kappa shape index (κ3) is 3.93. The highest BCUT2D eigenvalue weighted by molar-refractivity contribution is 9.10. The molecule has 1 saturated heterocycles. The van der Waals surface area contributed by atoms with Crippen molar-refractivity contribution in [2.75, 3.05) is 38.5 Å². The number of alkyl halides is 3. The van der Waals surface area contributed by atoms with Crippen LogP contribution in [0.25, 0.3) is 5.52 Å². The van der Waals surface area contributed by atoms with Crippen LogP contribution in [0.3, 0.4) is 0 Å². The number of aromatic nitrogens is 3. The number of fused-ring (bicyclic) bond motifs is 1. The number of hydrogen-bond acceptors (Lipinski definition) is 6. The maximum Gasteiger partial charge on any atom is 0.451 e. The van der Waals surface area contributed by atoms with E-state index in [-0.39, 0.29) is 0 Å². The number of nitrogen functional groups attached to an aromatic ring is 1. The predicted molar refractivity (Wildman–Crippen MR) is 87.9 cm³/mol. The highest BCUT2D eigenvalue weighted by Gasteiger charge is 2.39. The number of nitrogens with zero attached hydrogens (tertiary/aromatic N) is 5. The van der Waals surface area contributed by atoms with Crippen molar-refractivity contribution < 1.29 is 18.0 Å². The van der Waals surface area contributed by atoms with Crippen LogP contribution in [0.1, 0.15) is 5.69 Å². The van der Waals surface area contributed by atoms with Gasteiger partial charge in [0.05, 0.1) is 12.2 Å². The van der Waals surface area contributed by atoms with E-state index in [1.54, 1.807) is 4.52 Å². The van der Waals surface area contributed by atoms with Gasteiger partial charge in [0, 0.05) is 37.2 Å². The second-order valence-corrected chi connectivity index (χ2v) is 6.72. The maximum absolute atomic E-state index is 12.3. The van der Waals surface area contributed by atoms with Gasteiger partial charge in [0.15, 0.2) is 5.82 Å². The SMILES string of the molecule is Nc1ncnn2c(CN3CCN(CC(=O)C(F)(F)F)CC3)cc(Br)c12. The Hall–Kier alpha value is -1.72. The number of nitrogens with two attached hydrogens (primary N) is 1. The van der Waals surface area contributed by atoms with Crippen molar-refractivity contribution >= 4 is 33.0 Å². The Kier molecular flexibility index (Phi) is 4.98. The summed E-state index contributed by atoms with van der Waals surface area (Å²) in [6.07, 6.45) is -3.40. The average Bonchev–Trinajstić information content (AvgIpc) is 2.86. The molecule has 0 spiro atoms. The summed E-state index contributed by atoms with van der Waals surface area (Å²) in [6.45, 7) is 1.94. The molecule has 1 fully saturated rings. The van der Waals surface area contributed by atoms with E-state index in [9.17, 15) is 18.0 Å². The third-order valence-corrected chi connectivity index (χ3v) is 4.75. The fourth-order valence-electron chi connectivity index (χ4n) is 2.82. The van der Waals surface area contributed by atoms with Gasteiger partial charge in [0.25, 0.3) is 0 Å². The lowest BCUT2D eigenvalue weighted by molar-refractivity contribution is -0.172. The number of hydrogen-bond donors (Lipinski definition) is 1. The molecule has 2 aromatic rings. The van der Waals surface area contributed by atoms with E-state index in [1.165, 1.54) is 11.2 Å². The minimum Gasteiger partial charge on any atom is -0.382 e. The van der Waals surface area contributed by atoms with E-state index in [4.69, 9.17) is 5.73 Å². The molecule has 136 valence electrons. The van der Waals surface area contributed by atoms with Crippen molar-refractivity contribution in [3.8, 4) is 0 Å². The minimum atomic E-state index is -4.77. The fourth-order valence-corrected chi connectivity index (χ4v) is 3.46. The Balaban J connectivity index is 1.62. The van der Waals surface area contributed by atoms with Crippen LogP contribution in [-0.4, -0.2) is 69.1 Å². The molecule has 1 aliphatic rings. The first kappa shape index (κ1) is 18.1. The fraction of sp³-hybridized carbons (Fsp3) is 0.500. The average molecular weight is 421 g/mol. The summed E-state index contributed by atoms with van der Waals surface area (Å²) in [4.78, 5) is 18.7. The monoisotopic (exact) mass is 420 g/mol. The van der Waals surface area contributed by atoms with Crippen LogP contribution < -0.4 is 5.73 Å². The molecule has 0 aromatic carbocycles. The first-order chi connectivity index (χ1) is 11.8. The smallest absolute Gasteiger partial charge is 0.382 e. The molecule has 0 atom stereocenters. The summed E-state index contributed by atoms with van der Waals surface area (Å²) in [7, 11) is 0. The van der Waals surface area contributed by atoms with Gasteiger partial charge in [-0.1, -0.05) is 0 Å². The van der Waals surface area contributed by atoms with Crippen LogP contribution >= 0.6 is 15.9 Å². The minimum absolute atomic E-state index is 0.364. The normalized spacial score (nSPS) is 17.3. The molecular weight excluding hydrogens is 405 g/mol. The van der Waals surface area contributed by atoms with Crippen molar-refractivity contribution in [2.45, 2.75) is 12.7 Å². The van der Waals surface area contributed by atoms with Crippen molar-refractivity contribution in [2.24, 2.45) is 0 Å². The number of ketones is 1. The van der Waals surface area contributed by atoms with Crippen LogP contribution in [0, 0.1) is 0 Å². The molecule has 0 aliphatic carbocycles. The van der Waals surface area contributed by atoms with Gasteiger partial charge in [0.2, 0.25) is 5.78 Å². The molecule has 1 aliphatic heterocycles. The molecule has 7 nitrogen and oxygen atoms in total. The zero-order valence-electron chi connectivity index (χ0n) is 13.1. The van der Waals surface area contributed by atoms with Crippen LogP contribution in [0.2, 0.25) is 0 Å². The van der Waals surface area contributed by atoms with E-state index in [0.29, 0.717) is 44.1 Å². The summed E-state index contributed by atoms with van der Waals surface area (Å²) < 4.78 is 39.5. The van der Waals surface area contributed by atoms with Gasteiger partial charge >= 0.3 is 6.18 Å². The number of Topliss-reactive ketones (excluding diaryl/α,β-unsaturated/α-hetero) is 1. The van der Waals surface area contributed by atoms with Crippen LogP contribution in [-0.2, 0) is 11.3 Å². The summed E-state index contributed by atoms with van der Waals surface area (Å²) >= 11 is 3.44. The van der Waals surface area contributed by atoms with Crippen molar-refractivity contribution in [3.05, 3.63) is 22.6 Å². The Labute approximate surface area is 149 Å². The van der Waals surface area contributed by atoms with Gasteiger partial charge in [-0.05, 0) is 22.0 Å². The quantitative estimate of drug-likeness (QED) is 0.803. The molecule has 3 rings (SSSR count). The number of carbonyl (C=O) groups is 1. The van der Waals surface area contributed by atoms with Crippen molar-refractivity contribution in [1.82, 2.24) is 24.4 Å². The Morgan fingerprint density at radius 2 is 1.88 bits per heavy atom. The van der Waals surface area contributed by atoms with Crippen LogP contribution in [0.15, 0.2) is 16.9 Å². The molecule has 25 heavy (non-hydrogen) atoms. The first-order valence-electron chi connectivity index (χ1n) is 7.57. The standard InChI is InChI=1S/C14H16BrF3N6O/c15-10-5-9(24-12(10)13(19)20-8-21-24)6-22-1-3-23(4-2-22)7-11(25)14(16,17)18/h5,8H,1-4,6-7H2,(H2,19,20,21). The van der Waals surface area contributed by atoms with Gasteiger partial charge in [-0.15, -0.1) is 0 Å². The summed E-state index contributed by atoms with van der Waals surface area (Å²) in [5, 5.41) is 4.20. The Bertz CT molecular complexity index is 785. The summed E-state index contributed by atoms with van der Waals surface area (Å²) in [5.74, 6) is -1.33. The predicted octanol–water partition coefficient (Wildman–Crippen LogP) is 1.32. The molecule has 2 N–H and O–H groups in total. The molecule has 3 heterocycles. The lowest BCUT2D eigenvalue weighted by Gasteiger charge is -2.34. The zero-order valence-corrected chi connectivity index (χ0v) is 14.7. The molecule has 2 aromatic heterocycles. The molecule has 0 bridgehead atoms. The van der Waals surface area contributed by atoms with E-state index in [2.05, 4.69) is 30.9 Å². The molecule has 0 unspecified atom stereocenters. The van der Waals surface area contributed by atoms with Gasteiger partial charge in [-0.3, -0.25) is 14.6 Å². The number of piperazine rings is 1. The third-order valence-electron chi connectivity index (χ3n) is 4.14. The second kappa shape index (κ2) is 6.89. The molecule has 0 radical (unpaired) electrons. The molecular formula is C14H16BrF3N6O. The first-order valence-corrected chi connectivity index (χ1v) is 8.36. The van der Waals surface area contributed by atoms with Gasteiger partial charge < -0.3 is 5.73 Å². The largest absolute Gasteiger partial charge is 0.451 e. The molecule has 0 saturated carbocycles. The van der Waals surface area contributed by atoms with Gasteiger partial charge in [-0.25, -0.2) is 9.50 Å². The number of rotatable bonds is 4. The summed E-state index contributed by atoms with van der Waals surface area (Å²) in [5.41, 5.74) is 7.44. The highest BCUT2D eigenvalue weighted by Crippen LogP contribution is 2.26. The summed E-state index contributed by atoms with van der Waals surface area (Å²) in [6, 6.07) is 1.90. The van der Waals surface area contributed by atoms with E-state index in [0.717, 1.165) is 10.2 Å². The molecule has 11 heteroatoms. The lowest BCUT2D eigenvalue weighted by Crippen LogP contribution is -2.49.